The summed E-state index contributed by atoms with van der Waals surface area (Å²) < 4.78 is 5.97. The molecule has 3 heterocycles. The van der Waals surface area contributed by atoms with E-state index >= 15 is 0 Å². The van der Waals surface area contributed by atoms with Crippen LogP contribution in [0.5, 0.6) is 11.5 Å². The smallest absolute Gasteiger partial charge is 0.155 e. The van der Waals surface area contributed by atoms with Crippen molar-refractivity contribution in [1.82, 2.24) is 15.0 Å². The first-order chi connectivity index (χ1) is 17.1. The van der Waals surface area contributed by atoms with Crippen molar-refractivity contribution in [2.75, 3.05) is 5.32 Å². The second-order valence-electron chi connectivity index (χ2n) is 8.95. The van der Waals surface area contributed by atoms with Gasteiger partial charge in [0.25, 0.3) is 0 Å². The van der Waals surface area contributed by atoms with E-state index < -0.39 is 0 Å². The Morgan fingerprint density at radius 1 is 1.26 bits per heavy atom. The SMILES string of the molecule is C=CC(=O)CCC1CCc2sc3ncnc(Nc4ccc(Oc5cccnc5)c(C)c4)c3c2CC1. The number of nitrogens with one attached hydrogen (secondary N) is 1. The molecule has 0 saturated heterocycles. The van der Waals surface area contributed by atoms with Gasteiger partial charge in [-0.3, -0.25) is 9.78 Å². The molecule has 35 heavy (non-hydrogen) atoms. The van der Waals surface area contributed by atoms with Gasteiger partial charge in [-0.15, -0.1) is 11.3 Å². The summed E-state index contributed by atoms with van der Waals surface area (Å²) in [7, 11) is 0. The van der Waals surface area contributed by atoms with E-state index in [1.54, 1.807) is 30.1 Å². The maximum absolute atomic E-state index is 11.7. The minimum atomic E-state index is 0.140. The minimum Gasteiger partial charge on any atom is -0.455 e. The first-order valence-electron chi connectivity index (χ1n) is 12.0. The fourth-order valence-electron chi connectivity index (χ4n) is 4.68. The number of carbonyl (C=O) groups is 1. The van der Waals surface area contributed by atoms with Gasteiger partial charge in [0.15, 0.2) is 5.78 Å². The zero-order valence-electron chi connectivity index (χ0n) is 19.8. The number of ether oxygens (including phenoxy) is 1. The van der Waals surface area contributed by atoms with Crippen LogP contribution in [0.1, 0.15) is 41.7 Å². The maximum atomic E-state index is 11.7. The van der Waals surface area contributed by atoms with Crippen LogP contribution in [0.25, 0.3) is 10.2 Å². The minimum absolute atomic E-state index is 0.140. The molecule has 0 fully saturated rings. The van der Waals surface area contributed by atoms with Crippen LogP contribution in [-0.2, 0) is 17.6 Å². The molecule has 1 aromatic carbocycles. The Kier molecular flexibility index (Phi) is 6.86. The maximum Gasteiger partial charge on any atom is 0.155 e. The van der Waals surface area contributed by atoms with Crippen molar-refractivity contribution in [2.24, 2.45) is 5.92 Å². The first kappa shape index (κ1) is 23.2. The normalized spacial score (nSPS) is 15.3. The van der Waals surface area contributed by atoms with Crippen molar-refractivity contribution in [3.05, 3.63) is 77.7 Å². The number of fused-ring (bicyclic) bond motifs is 3. The number of hydrogen-bond donors (Lipinski definition) is 1. The number of aromatic nitrogens is 3. The Labute approximate surface area is 209 Å². The number of allylic oxidation sites excluding steroid dienone is 1. The predicted octanol–water partition coefficient (Wildman–Crippen LogP) is 6.96. The van der Waals surface area contributed by atoms with Crippen LogP contribution < -0.4 is 10.1 Å². The number of thiophene rings is 1. The van der Waals surface area contributed by atoms with Crippen LogP contribution in [0.15, 0.2) is 61.7 Å². The molecule has 1 N–H and O–H groups in total. The summed E-state index contributed by atoms with van der Waals surface area (Å²) in [4.78, 5) is 27.4. The standard InChI is InChI=1S/C28H28N4O2S/c1-3-21(33)10-6-19-7-11-23-25(13-8-19)35-28-26(23)27(30-17-31-28)32-20-9-12-24(18(2)15-20)34-22-5-4-14-29-16-22/h3-5,9,12,14-17,19H,1,6-8,10-11,13H2,2H3,(H,30,31,32). The van der Waals surface area contributed by atoms with E-state index in [9.17, 15) is 4.79 Å². The van der Waals surface area contributed by atoms with Crippen molar-refractivity contribution < 1.29 is 9.53 Å². The van der Waals surface area contributed by atoms with Crippen molar-refractivity contribution in [1.29, 1.82) is 0 Å². The number of nitrogens with zero attached hydrogens (tertiary/aromatic N) is 3. The third-order valence-corrected chi connectivity index (χ3v) is 7.78. The first-order valence-corrected chi connectivity index (χ1v) is 12.8. The molecule has 1 aliphatic rings. The topological polar surface area (TPSA) is 77.0 Å². The molecule has 0 amide bonds. The monoisotopic (exact) mass is 484 g/mol. The lowest BCUT2D eigenvalue weighted by Crippen LogP contribution is -2.04. The van der Waals surface area contributed by atoms with E-state index in [1.165, 1.54) is 16.5 Å². The molecule has 5 rings (SSSR count). The highest BCUT2D eigenvalue weighted by atomic mass is 32.1. The third kappa shape index (κ3) is 5.25. The van der Waals surface area contributed by atoms with Crippen LogP contribution in [0.4, 0.5) is 11.5 Å². The van der Waals surface area contributed by atoms with Gasteiger partial charge >= 0.3 is 0 Å². The highest BCUT2D eigenvalue weighted by Crippen LogP contribution is 2.40. The number of ketones is 1. The number of carbonyl (C=O) groups excluding carboxylic acids is 1. The average molecular weight is 485 g/mol. The second-order valence-corrected chi connectivity index (χ2v) is 10.0. The molecule has 0 saturated carbocycles. The van der Waals surface area contributed by atoms with Crippen LogP contribution in [-0.4, -0.2) is 20.7 Å². The van der Waals surface area contributed by atoms with Gasteiger partial charge in [0.05, 0.1) is 11.6 Å². The summed E-state index contributed by atoms with van der Waals surface area (Å²) in [6, 6.07) is 9.78. The van der Waals surface area contributed by atoms with E-state index in [4.69, 9.17) is 4.74 Å². The van der Waals surface area contributed by atoms with Gasteiger partial charge in [-0.05, 0) is 92.5 Å². The van der Waals surface area contributed by atoms with Gasteiger partial charge in [0, 0.05) is 23.2 Å². The van der Waals surface area contributed by atoms with Crippen molar-refractivity contribution >= 4 is 38.8 Å². The van der Waals surface area contributed by atoms with Crippen molar-refractivity contribution in [3.8, 4) is 11.5 Å². The zero-order valence-corrected chi connectivity index (χ0v) is 20.6. The number of hydrogen-bond acceptors (Lipinski definition) is 7. The fourth-order valence-corrected chi connectivity index (χ4v) is 5.88. The molecule has 0 bridgehead atoms. The Morgan fingerprint density at radius 3 is 2.94 bits per heavy atom. The molecular weight excluding hydrogens is 456 g/mol. The molecule has 178 valence electrons. The predicted molar refractivity (Wildman–Crippen MR) is 141 cm³/mol. The number of pyridine rings is 1. The summed E-state index contributed by atoms with van der Waals surface area (Å²) in [5.74, 6) is 3.04. The molecule has 4 aromatic rings. The highest BCUT2D eigenvalue weighted by Gasteiger charge is 2.23. The number of rotatable bonds is 8. The molecule has 0 aliphatic heterocycles. The van der Waals surface area contributed by atoms with Gasteiger partial charge in [-0.1, -0.05) is 6.58 Å². The zero-order chi connectivity index (χ0) is 24.2. The number of benzene rings is 1. The molecule has 1 aliphatic carbocycles. The summed E-state index contributed by atoms with van der Waals surface area (Å²) in [5, 5.41) is 4.65. The largest absolute Gasteiger partial charge is 0.455 e. The molecule has 1 unspecified atom stereocenters. The quantitative estimate of drug-likeness (QED) is 0.215. The van der Waals surface area contributed by atoms with Crippen LogP contribution in [0.3, 0.4) is 0 Å². The highest BCUT2D eigenvalue weighted by molar-refractivity contribution is 7.19. The fraction of sp³-hybridized carbons (Fsp3) is 0.286. The van der Waals surface area contributed by atoms with Crippen LogP contribution >= 0.6 is 11.3 Å². The molecule has 3 aromatic heterocycles. The van der Waals surface area contributed by atoms with E-state index in [2.05, 4.69) is 32.9 Å². The van der Waals surface area contributed by atoms with Gasteiger partial charge in [-0.2, -0.15) is 0 Å². The molecule has 0 spiro atoms. The van der Waals surface area contributed by atoms with Gasteiger partial charge in [-0.25, -0.2) is 9.97 Å². The molecule has 0 radical (unpaired) electrons. The van der Waals surface area contributed by atoms with E-state index in [-0.39, 0.29) is 5.78 Å². The van der Waals surface area contributed by atoms with Gasteiger partial charge in [0.1, 0.15) is 28.5 Å². The lowest BCUT2D eigenvalue weighted by molar-refractivity contribution is -0.114. The van der Waals surface area contributed by atoms with Crippen molar-refractivity contribution in [3.63, 3.8) is 0 Å². The summed E-state index contributed by atoms with van der Waals surface area (Å²) in [6.07, 6.45) is 12.2. The average Bonchev–Trinajstić information content (AvgIpc) is 3.12. The number of aryl methyl sites for hydroxylation is 3. The van der Waals surface area contributed by atoms with Gasteiger partial charge < -0.3 is 10.1 Å². The number of anilines is 2. The summed E-state index contributed by atoms with van der Waals surface area (Å²) in [6.45, 7) is 5.62. The van der Waals surface area contributed by atoms with Crippen LogP contribution in [0, 0.1) is 12.8 Å². The van der Waals surface area contributed by atoms with E-state index in [1.807, 2.05) is 31.2 Å². The summed E-state index contributed by atoms with van der Waals surface area (Å²) >= 11 is 1.78. The second kappa shape index (κ2) is 10.4. The Hall–Kier alpha value is -3.58. The Morgan fingerprint density at radius 2 is 2.14 bits per heavy atom. The Bertz CT molecular complexity index is 1370. The van der Waals surface area contributed by atoms with Crippen molar-refractivity contribution in [2.45, 2.75) is 45.4 Å². The van der Waals surface area contributed by atoms with E-state index in [0.29, 0.717) is 18.1 Å². The molecular formula is C28H28N4O2S. The molecule has 1 atom stereocenters. The molecule has 6 nitrogen and oxygen atoms in total. The Balaban J connectivity index is 1.36. The van der Waals surface area contributed by atoms with E-state index in [0.717, 1.165) is 65.1 Å². The summed E-state index contributed by atoms with van der Waals surface area (Å²) in [5.41, 5.74) is 3.33. The lowest BCUT2D eigenvalue weighted by atomic mass is 9.93. The van der Waals surface area contributed by atoms with Crippen LogP contribution in [0.2, 0.25) is 0 Å². The van der Waals surface area contributed by atoms with Gasteiger partial charge in [0.2, 0.25) is 0 Å². The lowest BCUT2D eigenvalue weighted by Gasteiger charge is -2.13. The third-order valence-electron chi connectivity index (χ3n) is 6.58. The molecule has 7 heteroatoms.